The molecule has 1 saturated heterocycles. The molecule has 0 radical (unpaired) electrons. The molecule has 0 amide bonds. The van der Waals surface area contributed by atoms with Gasteiger partial charge < -0.3 is 15.2 Å². The first kappa shape index (κ1) is 12.6. The van der Waals surface area contributed by atoms with Gasteiger partial charge in [0.25, 0.3) is 0 Å². The Morgan fingerprint density at radius 1 is 1.37 bits per heavy atom. The molecule has 1 aromatic carbocycles. The number of aliphatic imine (C=N–C) groups is 1. The molecule has 2 heterocycles. The molecule has 1 fully saturated rings. The molecule has 4 nitrogen and oxygen atoms in total. The molecule has 102 valence electrons. The van der Waals surface area contributed by atoms with E-state index in [1.165, 1.54) is 6.07 Å². The predicted octanol–water partition coefficient (Wildman–Crippen LogP) is 1.92. The van der Waals surface area contributed by atoms with Gasteiger partial charge in [0.15, 0.2) is 0 Å². The lowest BCUT2D eigenvalue weighted by Crippen LogP contribution is -2.34. The number of aliphatic hydroxyl groups is 1. The largest absolute Gasteiger partial charge is 0.392 e. The molecule has 0 bridgehead atoms. The van der Waals surface area contributed by atoms with Crippen molar-refractivity contribution >= 4 is 11.9 Å². The number of anilines is 1. The van der Waals surface area contributed by atoms with E-state index in [4.69, 9.17) is 9.84 Å². The van der Waals surface area contributed by atoms with Crippen LogP contribution >= 0.6 is 0 Å². The first-order valence-electron chi connectivity index (χ1n) is 6.58. The number of hydrogen-bond donors (Lipinski definition) is 2. The molecule has 0 spiro atoms. The minimum atomic E-state index is -0.329. The van der Waals surface area contributed by atoms with Crippen molar-refractivity contribution < 1.29 is 14.2 Å². The van der Waals surface area contributed by atoms with Gasteiger partial charge >= 0.3 is 0 Å². The average molecular weight is 264 g/mol. The van der Waals surface area contributed by atoms with E-state index < -0.39 is 0 Å². The first-order valence-corrected chi connectivity index (χ1v) is 6.58. The highest BCUT2D eigenvalue weighted by Crippen LogP contribution is 2.29. The van der Waals surface area contributed by atoms with Crippen molar-refractivity contribution in [3.63, 3.8) is 0 Å². The van der Waals surface area contributed by atoms with Gasteiger partial charge in [-0.25, -0.2) is 4.39 Å². The Balaban J connectivity index is 1.84. The van der Waals surface area contributed by atoms with Crippen molar-refractivity contribution in [1.82, 2.24) is 0 Å². The van der Waals surface area contributed by atoms with Crippen LogP contribution in [-0.2, 0) is 11.3 Å². The number of nitrogens with zero attached hydrogens (tertiary/aromatic N) is 1. The lowest BCUT2D eigenvalue weighted by molar-refractivity contribution is 0.0613. The number of aliphatic hydroxyl groups excluding tert-OH is 1. The molecule has 5 heteroatoms. The number of ether oxygens (including phenoxy) is 1. The highest BCUT2D eigenvalue weighted by atomic mass is 19.1. The number of fused-ring (bicyclic) bond motifs is 1. The van der Waals surface area contributed by atoms with Gasteiger partial charge in [-0.3, -0.25) is 4.99 Å². The summed E-state index contributed by atoms with van der Waals surface area (Å²) in [5.41, 5.74) is 1.75. The summed E-state index contributed by atoms with van der Waals surface area (Å²) in [4.78, 5) is 4.47. The third-order valence-electron chi connectivity index (χ3n) is 3.74. The molecule has 2 aliphatic rings. The summed E-state index contributed by atoms with van der Waals surface area (Å²) in [7, 11) is 0. The number of hydrogen-bond acceptors (Lipinski definition) is 4. The van der Waals surface area contributed by atoms with Crippen molar-refractivity contribution in [1.29, 1.82) is 0 Å². The molecular weight excluding hydrogens is 247 g/mol. The fourth-order valence-electron chi connectivity index (χ4n) is 2.65. The topological polar surface area (TPSA) is 53.9 Å². The highest BCUT2D eigenvalue weighted by Gasteiger charge is 2.27. The van der Waals surface area contributed by atoms with Gasteiger partial charge in [-0.05, 0) is 30.5 Å². The van der Waals surface area contributed by atoms with Gasteiger partial charge in [0, 0.05) is 30.9 Å². The monoisotopic (exact) mass is 264 g/mol. The molecule has 3 rings (SSSR count). The van der Waals surface area contributed by atoms with Crippen molar-refractivity contribution in [3.8, 4) is 0 Å². The van der Waals surface area contributed by atoms with Crippen LogP contribution in [-0.4, -0.2) is 30.7 Å². The standard InChI is InChI=1S/C14H17FN2O2/c15-12-6-9(8-18)5-11-7-16-14(17-13(11)12)10-1-3-19-4-2-10/h5-7,10,14,17-18H,1-4,8H2. The van der Waals surface area contributed by atoms with Crippen LogP contribution in [0.5, 0.6) is 0 Å². The maximum Gasteiger partial charge on any atom is 0.147 e. The fourth-order valence-corrected chi connectivity index (χ4v) is 2.65. The zero-order chi connectivity index (χ0) is 13.2. The van der Waals surface area contributed by atoms with Crippen LogP contribution in [0.4, 0.5) is 10.1 Å². The van der Waals surface area contributed by atoms with Crippen LogP contribution in [0.1, 0.15) is 24.0 Å². The number of nitrogens with one attached hydrogen (secondary N) is 1. The van der Waals surface area contributed by atoms with Gasteiger partial charge in [-0.2, -0.15) is 0 Å². The summed E-state index contributed by atoms with van der Waals surface area (Å²) >= 11 is 0. The van der Waals surface area contributed by atoms with E-state index >= 15 is 0 Å². The van der Waals surface area contributed by atoms with Gasteiger partial charge in [-0.1, -0.05) is 0 Å². The maximum atomic E-state index is 14.0. The van der Waals surface area contributed by atoms with Crippen molar-refractivity contribution in [2.45, 2.75) is 25.6 Å². The van der Waals surface area contributed by atoms with E-state index in [-0.39, 0.29) is 18.6 Å². The van der Waals surface area contributed by atoms with Crippen LogP contribution in [0.15, 0.2) is 17.1 Å². The predicted molar refractivity (Wildman–Crippen MR) is 70.9 cm³/mol. The maximum absolute atomic E-state index is 14.0. The minimum Gasteiger partial charge on any atom is -0.392 e. The zero-order valence-electron chi connectivity index (χ0n) is 10.6. The second kappa shape index (κ2) is 5.27. The molecular formula is C14H17FN2O2. The Labute approximate surface area is 111 Å². The third kappa shape index (κ3) is 2.48. The lowest BCUT2D eigenvalue weighted by Gasteiger charge is -2.31. The Kier molecular flexibility index (Phi) is 3.48. The summed E-state index contributed by atoms with van der Waals surface area (Å²) in [6, 6.07) is 3.13. The van der Waals surface area contributed by atoms with Gasteiger partial charge in [0.2, 0.25) is 0 Å². The van der Waals surface area contributed by atoms with Crippen LogP contribution < -0.4 is 5.32 Å². The van der Waals surface area contributed by atoms with E-state index in [0.717, 1.165) is 26.1 Å². The quantitative estimate of drug-likeness (QED) is 0.858. The summed E-state index contributed by atoms with van der Waals surface area (Å²) in [6.07, 6.45) is 3.51. The van der Waals surface area contributed by atoms with Crippen LogP contribution in [0.25, 0.3) is 0 Å². The molecule has 0 saturated carbocycles. The second-order valence-electron chi connectivity index (χ2n) is 5.02. The molecule has 2 N–H and O–H groups in total. The van der Waals surface area contributed by atoms with Crippen molar-refractivity contribution in [2.75, 3.05) is 18.5 Å². The highest BCUT2D eigenvalue weighted by molar-refractivity contribution is 5.90. The molecule has 1 atom stereocenters. The first-order chi connectivity index (χ1) is 9.28. The van der Waals surface area contributed by atoms with Crippen molar-refractivity contribution in [2.24, 2.45) is 10.9 Å². The second-order valence-corrected chi connectivity index (χ2v) is 5.02. The summed E-state index contributed by atoms with van der Waals surface area (Å²) < 4.78 is 19.3. The normalized spacial score (nSPS) is 22.9. The number of benzene rings is 1. The Morgan fingerprint density at radius 2 is 2.16 bits per heavy atom. The summed E-state index contributed by atoms with van der Waals surface area (Å²) in [5.74, 6) is 0.0554. The van der Waals surface area contributed by atoms with Gasteiger partial charge in [0.1, 0.15) is 12.0 Å². The lowest BCUT2D eigenvalue weighted by atomic mass is 9.95. The van der Waals surface area contributed by atoms with E-state index in [9.17, 15) is 4.39 Å². The van der Waals surface area contributed by atoms with E-state index in [1.54, 1.807) is 12.3 Å². The fraction of sp³-hybridized carbons (Fsp3) is 0.500. The van der Waals surface area contributed by atoms with Crippen LogP contribution in [0.2, 0.25) is 0 Å². The molecule has 1 unspecified atom stereocenters. The SMILES string of the molecule is OCc1cc(F)c2c(c1)C=NC(C1CCOCC1)N2. The smallest absolute Gasteiger partial charge is 0.147 e. The Hall–Kier alpha value is -1.46. The summed E-state index contributed by atoms with van der Waals surface area (Å²) in [5, 5.41) is 12.3. The molecule has 1 aromatic rings. The van der Waals surface area contributed by atoms with E-state index in [2.05, 4.69) is 10.3 Å². The molecule has 19 heavy (non-hydrogen) atoms. The number of rotatable bonds is 2. The zero-order valence-corrected chi connectivity index (χ0v) is 10.6. The van der Waals surface area contributed by atoms with E-state index in [0.29, 0.717) is 22.7 Å². The van der Waals surface area contributed by atoms with Crippen molar-refractivity contribution in [3.05, 3.63) is 29.1 Å². The van der Waals surface area contributed by atoms with Gasteiger partial charge in [0.05, 0.1) is 12.3 Å². The van der Waals surface area contributed by atoms with E-state index in [1.807, 2.05) is 0 Å². The molecule has 0 aliphatic carbocycles. The third-order valence-corrected chi connectivity index (χ3v) is 3.74. The van der Waals surface area contributed by atoms with Crippen LogP contribution in [0, 0.1) is 11.7 Å². The number of halogens is 1. The van der Waals surface area contributed by atoms with Gasteiger partial charge in [-0.15, -0.1) is 0 Å². The minimum absolute atomic E-state index is 0.0779. The average Bonchev–Trinajstić information content (AvgIpc) is 2.47. The Bertz CT molecular complexity index is 498. The van der Waals surface area contributed by atoms with Crippen LogP contribution in [0.3, 0.4) is 0 Å². The molecule has 2 aliphatic heterocycles. The summed E-state index contributed by atoms with van der Waals surface area (Å²) in [6.45, 7) is 1.33. The Morgan fingerprint density at radius 3 is 2.89 bits per heavy atom. The molecule has 0 aromatic heterocycles.